The number of carbonyl (C=O) groups is 1. The number of fused-ring (bicyclic) bond motifs is 1. The molecule has 3 rings (SSSR count). The van der Waals surface area contributed by atoms with Crippen molar-refractivity contribution in [3.05, 3.63) is 65.7 Å². The maximum atomic E-state index is 12.7. The fourth-order valence-electron chi connectivity index (χ4n) is 2.91. The Morgan fingerprint density at radius 2 is 1.92 bits per heavy atom. The SMILES string of the molecule is O=C(NC1CCSc2ccccc21)N(CCO)Cc1ccccc1. The van der Waals surface area contributed by atoms with Crippen LogP contribution in [0.15, 0.2) is 59.5 Å². The molecule has 24 heavy (non-hydrogen) atoms. The largest absolute Gasteiger partial charge is 0.395 e. The summed E-state index contributed by atoms with van der Waals surface area (Å²) in [6, 6.07) is 18.0. The zero-order valence-corrected chi connectivity index (χ0v) is 14.3. The zero-order valence-electron chi connectivity index (χ0n) is 13.5. The van der Waals surface area contributed by atoms with Crippen molar-refractivity contribution in [3.8, 4) is 0 Å². The van der Waals surface area contributed by atoms with Crippen molar-refractivity contribution >= 4 is 17.8 Å². The van der Waals surface area contributed by atoms with E-state index in [0.717, 1.165) is 17.7 Å². The summed E-state index contributed by atoms with van der Waals surface area (Å²) < 4.78 is 0. The average Bonchev–Trinajstić information content (AvgIpc) is 2.62. The summed E-state index contributed by atoms with van der Waals surface area (Å²) in [5, 5.41) is 12.4. The molecule has 2 amide bonds. The summed E-state index contributed by atoms with van der Waals surface area (Å²) in [5.74, 6) is 1.00. The van der Waals surface area contributed by atoms with Gasteiger partial charge in [-0.05, 0) is 23.6 Å². The van der Waals surface area contributed by atoms with Gasteiger partial charge in [-0.2, -0.15) is 0 Å². The maximum Gasteiger partial charge on any atom is 0.318 e. The molecule has 1 heterocycles. The quantitative estimate of drug-likeness (QED) is 0.875. The Hall–Kier alpha value is -1.98. The van der Waals surface area contributed by atoms with Crippen molar-refractivity contribution in [2.24, 2.45) is 0 Å². The number of amides is 2. The van der Waals surface area contributed by atoms with Crippen LogP contribution in [0.25, 0.3) is 0 Å². The molecule has 0 aliphatic carbocycles. The number of thioether (sulfide) groups is 1. The smallest absolute Gasteiger partial charge is 0.318 e. The lowest BCUT2D eigenvalue weighted by molar-refractivity contribution is 0.170. The number of benzene rings is 2. The first-order valence-corrected chi connectivity index (χ1v) is 9.18. The number of nitrogens with one attached hydrogen (secondary N) is 1. The third kappa shape index (κ3) is 4.10. The number of urea groups is 1. The molecule has 2 aromatic carbocycles. The predicted molar refractivity (Wildman–Crippen MR) is 97.0 cm³/mol. The molecule has 126 valence electrons. The fraction of sp³-hybridized carbons (Fsp3) is 0.316. The summed E-state index contributed by atoms with van der Waals surface area (Å²) in [6.45, 7) is 0.775. The van der Waals surface area contributed by atoms with E-state index in [9.17, 15) is 9.90 Å². The summed E-state index contributed by atoms with van der Waals surface area (Å²) in [7, 11) is 0. The highest BCUT2D eigenvalue weighted by atomic mass is 32.2. The van der Waals surface area contributed by atoms with Gasteiger partial charge >= 0.3 is 6.03 Å². The monoisotopic (exact) mass is 342 g/mol. The van der Waals surface area contributed by atoms with Crippen LogP contribution < -0.4 is 5.32 Å². The second kappa shape index (κ2) is 8.22. The van der Waals surface area contributed by atoms with Gasteiger partial charge in [-0.3, -0.25) is 0 Å². The highest BCUT2D eigenvalue weighted by molar-refractivity contribution is 7.99. The van der Waals surface area contributed by atoms with Gasteiger partial charge < -0.3 is 15.3 Å². The molecule has 0 saturated carbocycles. The summed E-state index contributed by atoms with van der Waals surface area (Å²) in [5.41, 5.74) is 2.24. The van der Waals surface area contributed by atoms with Crippen molar-refractivity contribution in [2.75, 3.05) is 18.9 Å². The Bertz CT molecular complexity index is 678. The van der Waals surface area contributed by atoms with Crippen LogP contribution in [0.5, 0.6) is 0 Å². The van der Waals surface area contributed by atoms with Crippen LogP contribution >= 0.6 is 11.8 Å². The summed E-state index contributed by atoms with van der Waals surface area (Å²) in [6.07, 6.45) is 0.922. The third-order valence-corrected chi connectivity index (χ3v) is 5.25. The Morgan fingerprint density at radius 3 is 2.71 bits per heavy atom. The van der Waals surface area contributed by atoms with Gasteiger partial charge in [-0.1, -0.05) is 48.5 Å². The lowest BCUT2D eigenvalue weighted by Crippen LogP contribution is -2.43. The van der Waals surface area contributed by atoms with E-state index >= 15 is 0 Å². The van der Waals surface area contributed by atoms with Gasteiger partial charge in [-0.15, -0.1) is 11.8 Å². The standard InChI is InChI=1S/C19H22N2O2S/c22-12-11-21(14-15-6-2-1-3-7-15)19(23)20-17-10-13-24-18-9-5-4-8-16(17)18/h1-9,17,22H,10-14H2,(H,20,23). The average molecular weight is 342 g/mol. The molecule has 0 spiro atoms. The minimum atomic E-state index is -0.125. The Kier molecular flexibility index (Phi) is 5.77. The molecule has 0 fully saturated rings. The molecule has 2 aromatic rings. The van der Waals surface area contributed by atoms with Crippen LogP contribution in [0.3, 0.4) is 0 Å². The van der Waals surface area contributed by atoms with E-state index in [1.54, 1.807) is 4.90 Å². The molecule has 0 bridgehead atoms. The lowest BCUT2D eigenvalue weighted by atomic mass is 10.0. The van der Waals surface area contributed by atoms with Gasteiger partial charge in [0.05, 0.1) is 12.6 Å². The molecule has 2 N–H and O–H groups in total. The van der Waals surface area contributed by atoms with Crippen LogP contribution in [0.1, 0.15) is 23.6 Å². The van der Waals surface area contributed by atoms with Crippen molar-refractivity contribution in [1.29, 1.82) is 0 Å². The Balaban J connectivity index is 1.70. The van der Waals surface area contributed by atoms with Gasteiger partial charge in [0.1, 0.15) is 0 Å². The fourth-order valence-corrected chi connectivity index (χ4v) is 4.03. The Labute approximate surface area is 146 Å². The number of hydrogen-bond acceptors (Lipinski definition) is 3. The second-order valence-electron chi connectivity index (χ2n) is 5.81. The molecular formula is C19H22N2O2S. The van der Waals surface area contributed by atoms with Crippen LogP contribution in [-0.2, 0) is 6.54 Å². The number of hydrogen-bond donors (Lipinski definition) is 2. The molecule has 0 radical (unpaired) electrons. The zero-order chi connectivity index (χ0) is 16.8. The van der Waals surface area contributed by atoms with Gasteiger partial charge in [0.2, 0.25) is 0 Å². The van der Waals surface area contributed by atoms with E-state index in [1.165, 1.54) is 10.5 Å². The van der Waals surface area contributed by atoms with E-state index in [-0.39, 0.29) is 18.7 Å². The molecule has 0 saturated heterocycles. The van der Waals surface area contributed by atoms with Crippen molar-refractivity contribution in [1.82, 2.24) is 10.2 Å². The van der Waals surface area contributed by atoms with E-state index in [0.29, 0.717) is 13.1 Å². The van der Waals surface area contributed by atoms with E-state index < -0.39 is 0 Å². The van der Waals surface area contributed by atoms with Crippen molar-refractivity contribution < 1.29 is 9.90 Å². The lowest BCUT2D eigenvalue weighted by Gasteiger charge is -2.29. The van der Waals surface area contributed by atoms with Crippen LogP contribution in [-0.4, -0.2) is 34.9 Å². The molecule has 1 aliphatic heterocycles. The highest BCUT2D eigenvalue weighted by Crippen LogP contribution is 2.35. The molecule has 1 unspecified atom stereocenters. The van der Waals surface area contributed by atoms with E-state index in [1.807, 2.05) is 54.2 Å². The minimum absolute atomic E-state index is 0.0342. The maximum absolute atomic E-state index is 12.7. The predicted octanol–water partition coefficient (Wildman–Crippen LogP) is 3.43. The van der Waals surface area contributed by atoms with Gasteiger partial charge in [0.15, 0.2) is 0 Å². The first-order valence-electron chi connectivity index (χ1n) is 8.20. The molecule has 0 aromatic heterocycles. The molecule has 5 heteroatoms. The van der Waals surface area contributed by atoms with E-state index in [2.05, 4.69) is 17.4 Å². The number of rotatable bonds is 5. The third-order valence-electron chi connectivity index (χ3n) is 4.13. The first kappa shape index (κ1) is 16.9. The second-order valence-corrected chi connectivity index (χ2v) is 6.94. The van der Waals surface area contributed by atoms with Gasteiger partial charge in [0.25, 0.3) is 0 Å². The van der Waals surface area contributed by atoms with E-state index in [4.69, 9.17) is 0 Å². The molecule has 4 nitrogen and oxygen atoms in total. The van der Waals surface area contributed by atoms with Crippen LogP contribution in [0.4, 0.5) is 4.79 Å². The normalized spacial score (nSPS) is 16.3. The first-order chi connectivity index (χ1) is 11.8. The number of carbonyl (C=O) groups excluding carboxylic acids is 1. The van der Waals surface area contributed by atoms with Crippen molar-refractivity contribution in [2.45, 2.75) is 23.9 Å². The summed E-state index contributed by atoms with van der Waals surface area (Å²) >= 11 is 1.84. The molecule has 1 atom stereocenters. The highest BCUT2D eigenvalue weighted by Gasteiger charge is 2.24. The number of nitrogens with zero attached hydrogens (tertiary/aromatic N) is 1. The summed E-state index contributed by atoms with van der Waals surface area (Å²) in [4.78, 5) is 15.6. The number of aliphatic hydroxyl groups excluding tert-OH is 1. The van der Waals surface area contributed by atoms with Gasteiger partial charge in [0, 0.05) is 23.7 Å². The minimum Gasteiger partial charge on any atom is -0.395 e. The Morgan fingerprint density at radius 1 is 1.17 bits per heavy atom. The molecule has 1 aliphatic rings. The number of aliphatic hydroxyl groups is 1. The van der Waals surface area contributed by atoms with Crippen LogP contribution in [0.2, 0.25) is 0 Å². The topological polar surface area (TPSA) is 52.6 Å². The van der Waals surface area contributed by atoms with Crippen molar-refractivity contribution in [3.63, 3.8) is 0 Å². The molecular weight excluding hydrogens is 320 g/mol. The van der Waals surface area contributed by atoms with Crippen LogP contribution in [0, 0.1) is 0 Å². The van der Waals surface area contributed by atoms with Gasteiger partial charge in [-0.25, -0.2) is 4.79 Å².